The van der Waals surface area contributed by atoms with Crippen LogP contribution in [0.4, 0.5) is 5.69 Å². The Balaban J connectivity index is 1.96. The minimum Gasteiger partial charge on any atom is -0.462 e. The van der Waals surface area contributed by atoms with Gasteiger partial charge in [0.25, 0.3) is 10.0 Å². The number of carbonyl (C=O) groups is 1. The predicted octanol–water partition coefficient (Wildman–Crippen LogP) is 6.80. The summed E-state index contributed by atoms with van der Waals surface area (Å²) in [6, 6.07) is 21.9. The molecule has 35 heavy (non-hydrogen) atoms. The first-order valence-corrected chi connectivity index (χ1v) is 13.1. The van der Waals surface area contributed by atoms with E-state index in [1.54, 1.807) is 36.4 Å². The molecule has 0 atom stereocenters. The number of esters is 1. The van der Waals surface area contributed by atoms with E-state index >= 15 is 0 Å². The lowest BCUT2D eigenvalue weighted by molar-refractivity contribution is 0.0506. The van der Waals surface area contributed by atoms with Gasteiger partial charge in [0.2, 0.25) is 0 Å². The minimum absolute atomic E-state index is 0.175. The van der Waals surface area contributed by atoms with E-state index in [4.69, 9.17) is 4.74 Å². The van der Waals surface area contributed by atoms with Crippen molar-refractivity contribution in [2.24, 2.45) is 0 Å². The van der Waals surface area contributed by atoms with Crippen LogP contribution in [0, 0.1) is 20.8 Å². The second kappa shape index (κ2) is 9.92. The predicted molar refractivity (Wildman–Crippen MR) is 141 cm³/mol. The van der Waals surface area contributed by atoms with E-state index < -0.39 is 16.0 Å². The molecule has 1 N–H and O–H groups in total. The van der Waals surface area contributed by atoms with Crippen LogP contribution < -0.4 is 4.72 Å². The third-order valence-electron chi connectivity index (χ3n) is 5.89. The molecule has 0 aromatic heterocycles. The van der Waals surface area contributed by atoms with Gasteiger partial charge >= 0.3 is 5.97 Å². The van der Waals surface area contributed by atoms with Crippen molar-refractivity contribution in [1.29, 1.82) is 0 Å². The summed E-state index contributed by atoms with van der Waals surface area (Å²) in [7, 11) is -3.86. The van der Waals surface area contributed by atoms with E-state index in [2.05, 4.69) is 4.72 Å². The van der Waals surface area contributed by atoms with Crippen molar-refractivity contribution >= 4 is 32.5 Å². The molecule has 0 fully saturated rings. The molecule has 4 rings (SSSR count). The van der Waals surface area contributed by atoms with Gasteiger partial charge < -0.3 is 4.74 Å². The van der Waals surface area contributed by atoms with Gasteiger partial charge in [-0.1, -0.05) is 61.0 Å². The van der Waals surface area contributed by atoms with Crippen LogP contribution >= 0.6 is 0 Å². The van der Waals surface area contributed by atoms with Gasteiger partial charge in [-0.3, -0.25) is 4.72 Å². The van der Waals surface area contributed by atoms with Crippen LogP contribution in [0.25, 0.3) is 21.9 Å². The summed E-state index contributed by atoms with van der Waals surface area (Å²) >= 11 is 0. The van der Waals surface area contributed by atoms with Crippen LogP contribution in [-0.4, -0.2) is 21.0 Å². The average molecular weight is 488 g/mol. The van der Waals surface area contributed by atoms with Crippen molar-refractivity contribution in [3.05, 3.63) is 95.1 Å². The zero-order chi connectivity index (χ0) is 25.2. The average Bonchev–Trinajstić information content (AvgIpc) is 2.82. The van der Waals surface area contributed by atoms with Crippen LogP contribution in [0.1, 0.15) is 40.4 Å². The quantitative estimate of drug-likeness (QED) is 0.291. The number of fused-ring (bicyclic) bond motifs is 1. The summed E-state index contributed by atoms with van der Waals surface area (Å²) in [5.74, 6) is -0.431. The Morgan fingerprint density at radius 3 is 2.29 bits per heavy atom. The number of rotatable bonds is 7. The molecule has 0 saturated heterocycles. The summed E-state index contributed by atoms with van der Waals surface area (Å²) < 4.78 is 35.0. The van der Waals surface area contributed by atoms with Gasteiger partial charge in [0.1, 0.15) is 0 Å². The minimum atomic E-state index is -3.86. The smallest absolute Gasteiger partial charge is 0.338 e. The highest BCUT2D eigenvalue weighted by Crippen LogP contribution is 2.40. The molecule has 0 aliphatic carbocycles. The van der Waals surface area contributed by atoms with E-state index in [9.17, 15) is 13.2 Å². The molecule has 180 valence electrons. The topological polar surface area (TPSA) is 72.5 Å². The fraction of sp³-hybridized carbons (Fsp3) is 0.207. The Labute approximate surface area is 206 Å². The van der Waals surface area contributed by atoms with E-state index in [0.29, 0.717) is 35.4 Å². The highest BCUT2D eigenvalue weighted by molar-refractivity contribution is 7.92. The summed E-state index contributed by atoms with van der Waals surface area (Å²) in [5, 5.41) is 1.79. The molecular formula is C29H29NO4S. The molecule has 4 aromatic rings. The molecule has 0 unspecified atom stereocenters. The summed E-state index contributed by atoms with van der Waals surface area (Å²) in [6.07, 6.45) is 0.708. The number of ether oxygens (including phenoxy) is 1. The number of benzene rings is 4. The van der Waals surface area contributed by atoms with Gasteiger partial charge in [0.15, 0.2) is 0 Å². The number of aryl methyl sites for hydroxylation is 3. The van der Waals surface area contributed by atoms with Crippen LogP contribution in [0.3, 0.4) is 0 Å². The highest BCUT2D eigenvalue weighted by atomic mass is 32.2. The largest absolute Gasteiger partial charge is 0.462 e. The first-order valence-electron chi connectivity index (χ1n) is 11.6. The molecule has 6 heteroatoms. The van der Waals surface area contributed by atoms with Gasteiger partial charge in [-0.2, -0.15) is 0 Å². The van der Waals surface area contributed by atoms with Crippen LogP contribution in [0.5, 0.6) is 0 Å². The Hall–Kier alpha value is -3.64. The number of hydrogen-bond donors (Lipinski definition) is 1. The Bertz CT molecular complexity index is 1510. The maximum absolute atomic E-state index is 13.3. The van der Waals surface area contributed by atoms with Crippen LogP contribution in [0.15, 0.2) is 77.7 Å². The second-order valence-corrected chi connectivity index (χ2v) is 10.5. The lowest BCUT2D eigenvalue weighted by Crippen LogP contribution is -2.15. The fourth-order valence-corrected chi connectivity index (χ4v) is 5.35. The van der Waals surface area contributed by atoms with Gasteiger partial charge in [0.05, 0.1) is 22.8 Å². The maximum Gasteiger partial charge on any atom is 0.338 e. The SMILES string of the molecule is CCCOC(=O)c1ccc2ccccc2c1-c1c(C)cc(C)cc1NS(=O)(=O)c1ccc(C)cc1. The zero-order valence-corrected chi connectivity index (χ0v) is 21.2. The summed E-state index contributed by atoms with van der Waals surface area (Å²) in [4.78, 5) is 13.3. The molecule has 0 aliphatic heterocycles. The molecule has 4 aromatic carbocycles. The van der Waals surface area contributed by atoms with Crippen molar-refractivity contribution in [2.45, 2.75) is 39.0 Å². The van der Waals surface area contributed by atoms with Gasteiger partial charge in [0, 0.05) is 11.1 Å². The normalized spacial score (nSPS) is 11.4. The molecule has 0 heterocycles. The molecule has 0 aliphatic rings. The number of hydrogen-bond acceptors (Lipinski definition) is 4. The third-order valence-corrected chi connectivity index (χ3v) is 7.27. The molecule has 0 bridgehead atoms. The second-order valence-electron chi connectivity index (χ2n) is 8.77. The highest BCUT2D eigenvalue weighted by Gasteiger charge is 2.24. The number of carbonyl (C=O) groups excluding carboxylic acids is 1. The van der Waals surface area contributed by atoms with E-state index in [0.717, 1.165) is 27.5 Å². The number of sulfonamides is 1. The van der Waals surface area contributed by atoms with E-state index in [-0.39, 0.29) is 4.90 Å². The maximum atomic E-state index is 13.3. The monoisotopic (exact) mass is 487 g/mol. The zero-order valence-electron chi connectivity index (χ0n) is 20.4. The third kappa shape index (κ3) is 5.08. The fourth-order valence-electron chi connectivity index (χ4n) is 4.28. The van der Waals surface area contributed by atoms with Crippen molar-refractivity contribution < 1.29 is 17.9 Å². The van der Waals surface area contributed by atoms with Gasteiger partial charge in [-0.15, -0.1) is 0 Å². The number of nitrogens with one attached hydrogen (secondary N) is 1. The van der Waals surface area contributed by atoms with Crippen LogP contribution in [0.2, 0.25) is 0 Å². The number of anilines is 1. The Morgan fingerprint density at radius 2 is 1.57 bits per heavy atom. The lowest BCUT2D eigenvalue weighted by atomic mass is 9.89. The van der Waals surface area contributed by atoms with Gasteiger partial charge in [-0.05, 0) is 73.4 Å². The first kappa shape index (κ1) is 24.5. The lowest BCUT2D eigenvalue weighted by Gasteiger charge is -2.20. The van der Waals surface area contributed by atoms with Gasteiger partial charge in [-0.25, -0.2) is 13.2 Å². The summed E-state index contributed by atoms with van der Waals surface area (Å²) in [5.41, 5.74) is 4.87. The van der Waals surface area contributed by atoms with E-state index in [1.807, 2.05) is 64.1 Å². The van der Waals surface area contributed by atoms with Crippen molar-refractivity contribution in [3.8, 4) is 11.1 Å². The first-order chi connectivity index (χ1) is 16.7. The van der Waals surface area contributed by atoms with Crippen molar-refractivity contribution in [1.82, 2.24) is 0 Å². The standard InChI is InChI=1S/C29H29NO4S/c1-5-16-34-29(31)25-15-12-22-8-6-7-9-24(22)28(25)27-21(4)17-20(3)18-26(27)30-35(32,33)23-13-10-19(2)11-14-23/h6-15,17-18,30H,5,16H2,1-4H3. The van der Waals surface area contributed by atoms with Crippen molar-refractivity contribution in [2.75, 3.05) is 11.3 Å². The Morgan fingerprint density at radius 1 is 0.857 bits per heavy atom. The molecule has 0 spiro atoms. The van der Waals surface area contributed by atoms with E-state index in [1.165, 1.54) is 0 Å². The summed E-state index contributed by atoms with van der Waals surface area (Å²) in [6.45, 7) is 8.00. The molecule has 0 saturated carbocycles. The molecular weight excluding hydrogens is 458 g/mol. The van der Waals surface area contributed by atoms with Crippen molar-refractivity contribution in [3.63, 3.8) is 0 Å². The Kier molecular flexibility index (Phi) is 6.94. The van der Waals surface area contributed by atoms with Crippen LogP contribution in [-0.2, 0) is 14.8 Å². The molecule has 5 nitrogen and oxygen atoms in total. The molecule has 0 amide bonds. The molecule has 0 radical (unpaired) electrons.